The standard InChI is InChI=1S/C18H28N4O2/c1-2-19-18(20-8-11-22-9-4-3-5-10-22)21-13-15-6-7-16-17(12-15)24-14-23-16/h6-7,12H,2-5,8-11,13-14H2,1H3,(H2,19,20,21). The van der Waals surface area contributed by atoms with Crippen LogP contribution in [0, 0.1) is 0 Å². The van der Waals surface area contributed by atoms with E-state index in [2.05, 4.69) is 27.4 Å². The van der Waals surface area contributed by atoms with E-state index in [-0.39, 0.29) is 0 Å². The molecule has 2 heterocycles. The third kappa shape index (κ3) is 4.77. The molecule has 2 aliphatic heterocycles. The van der Waals surface area contributed by atoms with Crippen molar-refractivity contribution in [3.63, 3.8) is 0 Å². The number of nitrogens with one attached hydrogen (secondary N) is 2. The van der Waals surface area contributed by atoms with Gasteiger partial charge in [0.2, 0.25) is 6.79 Å². The molecule has 0 bridgehead atoms. The molecular formula is C18H28N4O2. The lowest BCUT2D eigenvalue weighted by atomic mass is 10.1. The number of hydrogen-bond acceptors (Lipinski definition) is 4. The second-order valence-corrected chi connectivity index (χ2v) is 6.21. The first kappa shape index (κ1) is 16.9. The number of nitrogens with zero attached hydrogens (tertiary/aromatic N) is 2. The predicted octanol–water partition coefficient (Wildman–Crippen LogP) is 1.96. The third-order valence-corrected chi connectivity index (χ3v) is 4.37. The van der Waals surface area contributed by atoms with E-state index in [0.717, 1.165) is 42.7 Å². The zero-order valence-corrected chi connectivity index (χ0v) is 14.5. The molecule has 132 valence electrons. The molecular weight excluding hydrogens is 304 g/mol. The zero-order valence-electron chi connectivity index (χ0n) is 14.5. The SMILES string of the molecule is CCNC(=NCc1ccc2c(c1)OCO2)NCCN1CCCCC1. The maximum Gasteiger partial charge on any atom is 0.231 e. The van der Waals surface area contributed by atoms with Crippen LogP contribution in [0.1, 0.15) is 31.7 Å². The van der Waals surface area contributed by atoms with Gasteiger partial charge in [0.05, 0.1) is 6.54 Å². The first-order valence-corrected chi connectivity index (χ1v) is 8.98. The minimum absolute atomic E-state index is 0.308. The van der Waals surface area contributed by atoms with Crippen LogP contribution in [0.4, 0.5) is 0 Å². The van der Waals surface area contributed by atoms with E-state index in [4.69, 9.17) is 9.47 Å². The van der Waals surface area contributed by atoms with Gasteiger partial charge in [-0.05, 0) is 50.6 Å². The Morgan fingerprint density at radius 2 is 1.96 bits per heavy atom. The quantitative estimate of drug-likeness (QED) is 0.616. The first-order chi connectivity index (χ1) is 11.8. The van der Waals surface area contributed by atoms with Gasteiger partial charge >= 0.3 is 0 Å². The van der Waals surface area contributed by atoms with E-state index in [0.29, 0.717) is 13.3 Å². The molecule has 6 nitrogen and oxygen atoms in total. The van der Waals surface area contributed by atoms with Crippen LogP contribution < -0.4 is 20.1 Å². The second-order valence-electron chi connectivity index (χ2n) is 6.21. The Kier molecular flexibility index (Phi) is 6.18. The van der Waals surface area contributed by atoms with Crippen LogP contribution in [0.25, 0.3) is 0 Å². The fourth-order valence-electron chi connectivity index (χ4n) is 3.07. The Bertz CT molecular complexity index is 556. The molecule has 0 saturated carbocycles. The number of aliphatic imine (C=N–C) groups is 1. The topological polar surface area (TPSA) is 58.1 Å². The van der Waals surface area contributed by atoms with Gasteiger partial charge in [0.1, 0.15) is 0 Å². The molecule has 0 atom stereocenters. The molecule has 24 heavy (non-hydrogen) atoms. The molecule has 0 aliphatic carbocycles. The summed E-state index contributed by atoms with van der Waals surface area (Å²) in [6.45, 7) is 8.33. The van der Waals surface area contributed by atoms with Crippen molar-refractivity contribution in [2.45, 2.75) is 32.7 Å². The second kappa shape index (κ2) is 8.78. The molecule has 2 aliphatic rings. The van der Waals surface area contributed by atoms with E-state index in [1.807, 2.05) is 18.2 Å². The number of piperidine rings is 1. The van der Waals surface area contributed by atoms with Crippen molar-refractivity contribution in [1.82, 2.24) is 15.5 Å². The highest BCUT2D eigenvalue weighted by atomic mass is 16.7. The summed E-state index contributed by atoms with van der Waals surface area (Å²) in [4.78, 5) is 7.20. The molecule has 0 amide bonds. The fourth-order valence-corrected chi connectivity index (χ4v) is 3.07. The maximum absolute atomic E-state index is 5.42. The molecule has 0 aromatic heterocycles. The monoisotopic (exact) mass is 332 g/mol. The number of ether oxygens (including phenoxy) is 2. The molecule has 6 heteroatoms. The van der Waals surface area contributed by atoms with Gasteiger partial charge in [-0.25, -0.2) is 4.99 Å². The number of rotatable bonds is 6. The smallest absolute Gasteiger partial charge is 0.231 e. The van der Waals surface area contributed by atoms with Crippen LogP contribution in [-0.4, -0.2) is 50.4 Å². The molecule has 1 fully saturated rings. The molecule has 1 aromatic rings. The lowest BCUT2D eigenvalue weighted by molar-refractivity contribution is 0.174. The molecule has 1 aromatic carbocycles. The predicted molar refractivity (Wildman–Crippen MR) is 95.7 cm³/mol. The van der Waals surface area contributed by atoms with Gasteiger partial charge in [-0.15, -0.1) is 0 Å². The summed E-state index contributed by atoms with van der Waals surface area (Å²) in [5.41, 5.74) is 1.12. The Hall–Kier alpha value is -1.95. The van der Waals surface area contributed by atoms with Crippen molar-refractivity contribution < 1.29 is 9.47 Å². The van der Waals surface area contributed by atoms with E-state index in [1.165, 1.54) is 32.4 Å². The van der Waals surface area contributed by atoms with Crippen LogP contribution in [0.2, 0.25) is 0 Å². The first-order valence-electron chi connectivity index (χ1n) is 8.98. The van der Waals surface area contributed by atoms with E-state index in [9.17, 15) is 0 Å². The molecule has 0 unspecified atom stereocenters. The van der Waals surface area contributed by atoms with Crippen molar-refractivity contribution in [3.05, 3.63) is 23.8 Å². The Balaban J connectivity index is 1.49. The lowest BCUT2D eigenvalue weighted by Crippen LogP contribution is -2.42. The Morgan fingerprint density at radius 3 is 2.79 bits per heavy atom. The highest BCUT2D eigenvalue weighted by molar-refractivity contribution is 5.79. The lowest BCUT2D eigenvalue weighted by Gasteiger charge is -2.26. The Morgan fingerprint density at radius 1 is 1.12 bits per heavy atom. The van der Waals surface area contributed by atoms with E-state index in [1.54, 1.807) is 0 Å². The van der Waals surface area contributed by atoms with Gasteiger partial charge in [-0.1, -0.05) is 12.5 Å². The summed E-state index contributed by atoms with van der Waals surface area (Å²) >= 11 is 0. The molecule has 3 rings (SSSR count). The summed E-state index contributed by atoms with van der Waals surface area (Å²) in [5, 5.41) is 6.74. The summed E-state index contributed by atoms with van der Waals surface area (Å²) in [6, 6.07) is 5.99. The number of hydrogen-bond donors (Lipinski definition) is 2. The zero-order chi connectivity index (χ0) is 16.6. The van der Waals surface area contributed by atoms with Gasteiger partial charge in [0.25, 0.3) is 0 Å². The number of likely N-dealkylation sites (tertiary alicyclic amines) is 1. The summed E-state index contributed by atoms with van der Waals surface area (Å²) in [6.07, 6.45) is 4.04. The Labute approximate surface area is 144 Å². The van der Waals surface area contributed by atoms with Gasteiger partial charge in [0, 0.05) is 19.6 Å². The van der Waals surface area contributed by atoms with Crippen molar-refractivity contribution in [1.29, 1.82) is 0 Å². The van der Waals surface area contributed by atoms with Crippen LogP contribution in [0.15, 0.2) is 23.2 Å². The minimum atomic E-state index is 0.308. The largest absolute Gasteiger partial charge is 0.454 e. The van der Waals surface area contributed by atoms with Crippen molar-refractivity contribution in [2.24, 2.45) is 4.99 Å². The molecule has 2 N–H and O–H groups in total. The van der Waals surface area contributed by atoms with E-state index < -0.39 is 0 Å². The summed E-state index contributed by atoms with van der Waals surface area (Å²) < 4.78 is 10.8. The minimum Gasteiger partial charge on any atom is -0.454 e. The fraction of sp³-hybridized carbons (Fsp3) is 0.611. The van der Waals surface area contributed by atoms with Crippen LogP contribution in [-0.2, 0) is 6.54 Å². The van der Waals surface area contributed by atoms with Gasteiger partial charge in [-0.3, -0.25) is 0 Å². The average molecular weight is 332 g/mol. The van der Waals surface area contributed by atoms with Crippen LogP contribution in [0.3, 0.4) is 0 Å². The van der Waals surface area contributed by atoms with Crippen molar-refractivity contribution >= 4 is 5.96 Å². The highest BCUT2D eigenvalue weighted by Crippen LogP contribution is 2.32. The molecule has 0 spiro atoms. The number of fused-ring (bicyclic) bond motifs is 1. The number of guanidine groups is 1. The van der Waals surface area contributed by atoms with Crippen LogP contribution in [0.5, 0.6) is 11.5 Å². The number of benzene rings is 1. The van der Waals surface area contributed by atoms with Crippen molar-refractivity contribution in [2.75, 3.05) is 39.5 Å². The van der Waals surface area contributed by atoms with E-state index >= 15 is 0 Å². The van der Waals surface area contributed by atoms with Gasteiger partial charge < -0.3 is 25.0 Å². The van der Waals surface area contributed by atoms with Crippen molar-refractivity contribution in [3.8, 4) is 11.5 Å². The molecule has 0 radical (unpaired) electrons. The summed E-state index contributed by atoms with van der Waals surface area (Å²) in [7, 11) is 0. The molecule has 1 saturated heterocycles. The highest BCUT2D eigenvalue weighted by Gasteiger charge is 2.13. The third-order valence-electron chi connectivity index (χ3n) is 4.37. The average Bonchev–Trinajstić information content (AvgIpc) is 3.08. The van der Waals surface area contributed by atoms with Gasteiger partial charge in [-0.2, -0.15) is 0 Å². The normalized spacial score (nSPS) is 17.8. The summed E-state index contributed by atoms with van der Waals surface area (Å²) in [5.74, 6) is 2.49. The van der Waals surface area contributed by atoms with Crippen LogP contribution >= 0.6 is 0 Å². The maximum atomic E-state index is 5.42. The van der Waals surface area contributed by atoms with Gasteiger partial charge in [0.15, 0.2) is 17.5 Å².